The van der Waals surface area contributed by atoms with Crippen LogP contribution in [0.15, 0.2) is 27.2 Å². The summed E-state index contributed by atoms with van der Waals surface area (Å²) in [5, 5.41) is 0. The number of nitrogens with zero attached hydrogens (tertiary/aromatic N) is 1. The van der Waals surface area contributed by atoms with Crippen LogP contribution >= 0.6 is 0 Å². The molecule has 0 saturated heterocycles. The topological polar surface area (TPSA) is 59.6 Å². The normalized spacial score (nSPS) is 13.6. The van der Waals surface area contributed by atoms with Crippen LogP contribution in [-0.4, -0.2) is 19.4 Å². The highest BCUT2D eigenvalue weighted by Gasteiger charge is 2.27. The summed E-state index contributed by atoms with van der Waals surface area (Å²) in [6.45, 7) is 4.80. The van der Waals surface area contributed by atoms with Crippen molar-refractivity contribution in [1.29, 1.82) is 0 Å². The molecular formula is C9H13NO3S. The van der Waals surface area contributed by atoms with E-state index >= 15 is 0 Å². The molecule has 1 rings (SSSR count). The van der Waals surface area contributed by atoms with E-state index in [1.165, 1.54) is 12.5 Å². The maximum absolute atomic E-state index is 11.5. The minimum Gasteiger partial charge on any atom is -0.463 e. The Labute approximate surface area is 83.7 Å². The minimum absolute atomic E-state index is 0.429. The monoisotopic (exact) mass is 215 g/mol. The molecule has 0 bridgehead atoms. The molecule has 78 valence electrons. The molecule has 4 nitrogen and oxygen atoms in total. The number of sulfonamides is 1. The molecule has 0 amide bonds. The van der Waals surface area contributed by atoms with Crippen LogP contribution in [0, 0.1) is 0 Å². The van der Waals surface area contributed by atoms with E-state index in [1.807, 2.05) is 0 Å². The summed E-state index contributed by atoms with van der Waals surface area (Å²) in [6, 6.07) is 3.31. The molecule has 0 spiro atoms. The predicted molar refractivity (Wildman–Crippen MR) is 55.0 cm³/mol. The summed E-state index contributed by atoms with van der Waals surface area (Å²) in [5.41, 5.74) is 0. The van der Waals surface area contributed by atoms with E-state index < -0.39 is 14.8 Å². The zero-order valence-corrected chi connectivity index (χ0v) is 9.21. The van der Waals surface area contributed by atoms with Crippen molar-refractivity contribution in [1.82, 2.24) is 0 Å². The van der Waals surface area contributed by atoms with Gasteiger partial charge >= 0.3 is 0 Å². The Bertz CT molecular complexity index is 409. The Hall–Kier alpha value is -1.10. The van der Waals surface area contributed by atoms with Gasteiger partial charge in [-0.25, -0.2) is 8.42 Å². The smallest absolute Gasteiger partial charge is 0.258 e. The first-order chi connectivity index (χ1) is 6.33. The molecule has 1 aromatic heterocycles. The van der Waals surface area contributed by atoms with Crippen LogP contribution < -0.4 is 0 Å². The van der Waals surface area contributed by atoms with Crippen molar-refractivity contribution in [3.05, 3.63) is 24.2 Å². The van der Waals surface area contributed by atoms with Crippen LogP contribution in [0.3, 0.4) is 0 Å². The number of hydrogen-bond acceptors (Lipinski definition) is 3. The molecule has 0 radical (unpaired) electrons. The Morgan fingerprint density at radius 2 is 2.07 bits per heavy atom. The zero-order chi connectivity index (χ0) is 10.8. The van der Waals surface area contributed by atoms with Gasteiger partial charge in [-0.3, -0.25) is 0 Å². The Balaban J connectivity index is 2.90. The second-order valence-electron chi connectivity index (χ2n) is 3.84. The lowest BCUT2D eigenvalue weighted by Crippen LogP contribution is -2.25. The largest absolute Gasteiger partial charge is 0.463 e. The Morgan fingerprint density at radius 1 is 1.43 bits per heavy atom. The lowest BCUT2D eigenvalue weighted by atomic mass is 10.3. The first kappa shape index (κ1) is 11.0. The third-order valence-corrected chi connectivity index (χ3v) is 3.57. The molecular weight excluding hydrogens is 202 g/mol. The maximum atomic E-state index is 11.5. The van der Waals surface area contributed by atoms with Gasteiger partial charge in [-0.05, 0) is 32.9 Å². The first-order valence-corrected chi connectivity index (χ1v) is 5.60. The standard InChI is InChI=1S/C9H13NO3S/c1-9(2,3)14(11,12)10-7-8-5-4-6-13-8/h4-7H,1-3H3/b10-7+. The van der Waals surface area contributed by atoms with Crippen LogP contribution in [0.5, 0.6) is 0 Å². The van der Waals surface area contributed by atoms with Gasteiger partial charge < -0.3 is 4.42 Å². The summed E-state index contributed by atoms with van der Waals surface area (Å²) in [5.74, 6) is 0.429. The molecule has 5 heteroatoms. The van der Waals surface area contributed by atoms with Crippen molar-refractivity contribution in [3.8, 4) is 0 Å². The number of rotatable bonds is 2. The third-order valence-electron chi connectivity index (χ3n) is 1.64. The predicted octanol–water partition coefficient (Wildman–Crippen LogP) is 1.83. The van der Waals surface area contributed by atoms with Gasteiger partial charge in [-0.1, -0.05) is 0 Å². The lowest BCUT2D eigenvalue weighted by molar-refractivity contribution is 0.556. The molecule has 0 aliphatic carbocycles. The number of furan rings is 1. The summed E-state index contributed by atoms with van der Waals surface area (Å²) in [4.78, 5) is 0. The van der Waals surface area contributed by atoms with Crippen LogP contribution in [0.1, 0.15) is 26.5 Å². The highest BCUT2D eigenvalue weighted by atomic mass is 32.2. The van der Waals surface area contributed by atoms with Crippen LogP contribution in [0.25, 0.3) is 0 Å². The van der Waals surface area contributed by atoms with E-state index in [0.717, 1.165) is 0 Å². The van der Waals surface area contributed by atoms with Crippen molar-refractivity contribution >= 4 is 16.2 Å². The van der Waals surface area contributed by atoms with Crippen LogP contribution in [0.2, 0.25) is 0 Å². The van der Waals surface area contributed by atoms with Gasteiger partial charge in [0.1, 0.15) is 5.76 Å². The first-order valence-electron chi connectivity index (χ1n) is 4.16. The van der Waals surface area contributed by atoms with Gasteiger partial charge in [0.05, 0.1) is 17.2 Å². The molecule has 1 heterocycles. The van der Waals surface area contributed by atoms with Gasteiger partial charge in [0.15, 0.2) is 0 Å². The fourth-order valence-electron chi connectivity index (χ4n) is 0.644. The average molecular weight is 215 g/mol. The van der Waals surface area contributed by atoms with Gasteiger partial charge in [-0.2, -0.15) is 4.40 Å². The quantitative estimate of drug-likeness (QED) is 0.707. The van der Waals surface area contributed by atoms with Crippen molar-refractivity contribution < 1.29 is 12.8 Å². The van der Waals surface area contributed by atoms with Crippen molar-refractivity contribution in [2.75, 3.05) is 0 Å². The van der Waals surface area contributed by atoms with Gasteiger partial charge in [0.25, 0.3) is 10.0 Å². The molecule has 1 aromatic rings. The second kappa shape index (κ2) is 3.57. The highest BCUT2D eigenvalue weighted by molar-refractivity contribution is 7.91. The molecule has 14 heavy (non-hydrogen) atoms. The van der Waals surface area contributed by atoms with E-state index in [2.05, 4.69) is 4.40 Å². The molecule has 0 aliphatic rings. The van der Waals surface area contributed by atoms with E-state index in [-0.39, 0.29) is 0 Å². The van der Waals surface area contributed by atoms with Gasteiger partial charge in [-0.15, -0.1) is 0 Å². The molecule has 0 saturated carbocycles. The lowest BCUT2D eigenvalue weighted by Gasteiger charge is -2.14. The Kier molecular flexibility index (Phi) is 2.80. The molecule has 0 aliphatic heterocycles. The van der Waals surface area contributed by atoms with E-state index in [0.29, 0.717) is 5.76 Å². The summed E-state index contributed by atoms with van der Waals surface area (Å²) >= 11 is 0. The van der Waals surface area contributed by atoms with Crippen LogP contribution in [0.4, 0.5) is 0 Å². The van der Waals surface area contributed by atoms with Crippen molar-refractivity contribution in [2.24, 2.45) is 4.40 Å². The highest BCUT2D eigenvalue weighted by Crippen LogP contribution is 2.16. The molecule has 0 aromatic carbocycles. The molecule has 0 fully saturated rings. The third kappa shape index (κ3) is 2.45. The fourth-order valence-corrected chi connectivity index (χ4v) is 1.20. The van der Waals surface area contributed by atoms with Crippen molar-refractivity contribution in [2.45, 2.75) is 25.5 Å². The molecule has 0 unspecified atom stereocenters. The molecule has 0 N–H and O–H groups in total. The Morgan fingerprint density at radius 3 is 2.50 bits per heavy atom. The summed E-state index contributed by atoms with van der Waals surface area (Å²) < 4.78 is 30.6. The zero-order valence-electron chi connectivity index (χ0n) is 8.39. The maximum Gasteiger partial charge on any atom is 0.258 e. The van der Waals surface area contributed by atoms with E-state index in [4.69, 9.17) is 4.42 Å². The SMILES string of the molecule is CC(C)(C)S(=O)(=O)/N=C/c1ccco1. The number of hydrogen-bond donors (Lipinski definition) is 0. The fraction of sp³-hybridized carbons (Fsp3) is 0.444. The second-order valence-corrected chi connectivity index (χ2v) is 6.22. The summed E-state index contributed by atoms with van der Waals surface area (Å²) in [6.07, 6.45) is 2.67. The van der Waals surface area contributed by atoms with Crippen LogP contribution in [-0.2, 0) is 10.0 Å². The van der Waals surface area contributed by atoms with Crippen molar-refractivity contribution in [3.63, 3.8) is 0 Å². The molecule has 0 atom stereocenters. The van der Waals surface area contributed by atoms with E-state index in [9.17, 15) is 8.42 Å². The summed E-state index contributed by atoms with van der Waals surface area (Å²) in [7, 11) is -3.46. The average Bonchev–Trinajstić information content (AvgIpc) is 2.50. The van der Waals surface area contributed by atoms with Gasteiger partial charge in [0.2, 0.25) is 0 Å². The van der Waals surface area contributed by atoms with Gasteiger partial charge in [0, 0.05) is 0 Å². The van der Waals surface area contributed by atoms with E-state index in [1.54, 1.807) is 32.9 Å². The minimum atomic E-state index is -3.46.